The molecule has 1 fully saturated rings. The van der Waals surface area contributed by atoms with Crippen LogP contribution < -0.4 is 4.90 Å². The summed E-state index contributed by atoms with van der Waals surface area (Å²) in [6.07, 6.45) is 2.13. The van der Waals surface area contributed by atoms with Crippen LogP contribution in [0, 0.1) is 0 Å². The SMILES string of the molecule is O=C(c1ccc(Br)s1)N(CC1CCCO1)c1nc2ccccc2s1. The fraction of sp³-hybridized carbons (Fsp3) is 0.294. The average molecular weight is 423 g/mol. The fourth-order valence-corrected chi connectivity index (χ4v) is 5.09. The summed E-state index contributed by atoms with van der Waals surface area (Å²) in [5.74, 6) is -0.0137. The fourth-order valence-electron chi connectivity index (χ4n) is 2.78. The Bertz CT molecular complexity index is 837. The van der Waals surface area contributed by atoms with E-state index in [1.165, 1.54) is 11.3 Å². The lowest BCUT2D eigenvalue weighted by Crippen LogP contribution is -2.37. The Balaban J connectivity index is 1.69. The van der Waals surface area contributed by atoms with Crippen molar-refractivity contribution in [1.29, 1.82) is 0 Å². The highest BCUT2D eigenvalue weighted by Crippen LogP contribution is 2.32. The molecule has 1 saturated heterocycles. The molecule has 1 unspecified atom stereocenters. The van der Waals surface area contributed by atoms with E-state index in [0.717, 1.165) is 38.6 Å². The number of thiophene rings is 1. The number of ether oxygens (including phenoxy) is 1. The number of fused-ring (bicyclic) bond motifs is 1. The Hall–Kier alpha value is -1.28. The number of thiazole rings is 1. The normalized spacial score (nSPS) is 17.5. The van der Waals surface area contributed by atoms with E-state index >= 15 is 0 Å². The molecule has 3 heterocycles. The molecule has 0 saturated carbocycles. The van der Waals surface area contributed by atoms with E-state index < -0.39 is 0 Å². The van der Waals surface area contributed by atoms with Gasteiger partial charge in [0.2, 0.25) is 0 Å². The molecule has 0 bridgehead atoms. The molecule has 0 radical (unpaired) electrons. The smallest absolute Gasteiger partial charge is 0.270 e. The van der Waals surface area contributed by atoms with Crippen LogP contribution in [0.3, 0.4) is 0 Å². The lowest BCUT2D eigenvalue weighted by molar-refractivity contribution is 0.0920. The minimum atomic E-state index is -0.0137. The van der Waals surface area contributed by atoms with Crippen molar-refractivity contribution in [3.05, 3.63) is 45.1 Å². The minimum absolute atomic E-state index is 0.0137. The minimum Gasteiger partial charge on any atom is -0.376 e. The second kappa shape index (κ2) is 6.92. The zero-order chi connectivity index (χ0) is 16.5. The highest BCUT2D eigenvalue weighted by molar-refractivity contribution is 9.11. The van der Waals surface area contributed by atoms with Crippen molar-refractivity contribution in [3.63, 3.8) is 0 Å². The Labute approximate surface area is 156 Å². The van der Waals surface area contributed by atoms with Gasteiger partial charge >= 0.3 is 0 Å². The number of carbonyl (C=O) groups excluding carboxylic acids is 1. The molecule has 4 nitrogen and oxygen atoms in total. The summed E-state index contributed by atoms with van der Waals surface area (Å²) >= 11 is 6.43. The molecule has 24 heavy (non-hydrogen) atoms. The molecular formula is C17H15BrN2O2S2. The van der Waals surface area contributed by atoms with Gasteiger partial charge < -0.3 is 4.74 Å². The van der Waals surface area contributed by atoms with Crippen LogP contribution in [0.4, 0.5) is 5.13 Å². The number of anilines is 1. The van der Waals surface area contributed by atoms with Gasteiger partial charge in [0.05, 0.1) is 31.5 Å². The predicted molar refractivity (Wildman–Crippen MR) is 102 cm³/mol. The third-order valence-electron chi connectivity index (χ3n) is 3.95. The number of hydrogen-bond donors (Lipinski definition) is 0. The monoisotopic (exact) mass is 422 g/mol. The van der Waals surface area contributed by atoms with Crippen molar-refractivity contribution >= 4 is 59.9 Å². The molecule has 1 aliphatic rings. The van der Waals surface area contributed by atoms with Crippen molar-refractivity contribution in [3.8, 4) is 0 Å². The van der Waals surface area contributed by atoms with Crippen molar-refractivity contribution in [1.82, 2.24) is 4.98 Å². The first-order chi connectivity index (χ1) is 11.7. The second-order valence-corrected chi connectivity index (χ2v) is 9.09. The van der Waals surface area contributed by atoms with Crippen molar-refractivity contribution in [2.45, 2.75) is 18.9 Å². The number of benzene rings is 1. The van der Waals surface area contributed by atoms with Crippen LogP contribution in [0.2, 0.25) is 0 Å². The first kappa shape index (κ1) is 16.2. The Morgan fingerprint density at radius 2 is 2.17 bits per heavy atom. The van der Waals surface area contributed by atoms with E-state index in [1.54, 1.807) is 16.2 Å². The van der Waals surface area contributed by atoms with Crippen LogP contribution in [-0.4, -0.2) is 30.1 Å². The summed E-state index contributed by atoms with van der Waals surface area (Å²) in [4.78, 5) is 20.2. The zero-order valence-electron chi connectivity index (χ0n) is 12.8. The number of nitrogens with zero attached hydrogens (tertiary/aromatic N) is 2. The molecule has 0 spiro atoms. The summed E-state index contributed by atoms with van der Waals surface area (Å²) in [5, 5.41) is 0.737. The average Bonchev–Trinajstić information content (AvgIpc) is 3.32. The number of aromatic nitrogens is 1. The van der Waals surface area contributed by atoms with Gasteiger partial charge in [0, 0.05) is 6.61 Å². The molecule has 1 aliphatic heterocycles. The van der Waals surface area contributed by atoms with Crippen molar-refractivity contribution in [2.75, 3.05) is 18.1 Å². The van der Waals surface area contributed by atoms with Gasteiger partial charge in [-0.05, 0) is 53.0 Å². The maximum Gasteiger partial charge on any atom is 0.270 e. The van der Waals surface area contributed by atoms with E-state index in [-0.39, 0.29) is 12.0 Å². The van der Waals surface area contributed by atoms with Crippen LogP contribution in [0.25, 0.3) is 10.2 Å². The van der Waals surface area contributed by atoms with E-state index in [4.69, 9.17) is 4.74 Å². The molecule has 0 aliphatic carbocycles. The molecule has 7 heteroatoms. The quantitative estimate of drug-likeness (QED) is 0.597. The molecule has 3 aromatic rings. The largest absolute Gasteiger partial charge is 0.376 e. The highest BCUT2D eigenvalue weighted by Gasteiger charge is 2.27. The summed E-state index contributed by atoms with van der Waals surface area (Å²) in [7, 11) is 0. The van der Waals surface area contributed by atoms with Gasteiger partial charge in [0.15, 0.2) is 5.13 Å². The first-order valence-electron chi connectivity index (χ1n) is 7.75. The van der Waals surface area contributed by atoms with Gasteiger partial charge in [-0.3, -0.25) is 9.69 Å². The number of carbonyl (C=O) groups is 1. The number of rotatable bonds is 4. The number of halogens is 1. The maximum absolute atomic E-state index is 13.0. The van der Waals surface area contributed by atoms with Gasteiger partial charge in [-0.2, -0.15) is 0 Å². The van der Waals surface area contributed by atoms with Gasteiger partial charge in [0.1, 0.15) is 0 Å². The molecule has 4 rings (SSSR count). The standard InChI is InChI=1S/C17H15BrN2O2S2/c18-15-8-7-14(23-15)16(21)20(10-11-4-3-9-22-11)17-19-12-5-1-2-6-13(12)24-17/h1-2,5-8,11H,3-4,9-10H2. The number of para-hydroxylation sites is 1. The lowest BCUT2D eigenvalue weighted by atomic mass is 10.2. The van der Waals surface area contributed by atoms with E-state index in [1.807, 2.05) is 36.4 Å². The van der Waals surface area contributed by atoms with Crippen molar-refractivity contribution in [2.24, 2.45) is 0 Å². The number of hydrogen-bond acceptors (Lipinski definition) is 5. The number of amides is 1. The molecule has 1 atom stereocenters. The molecule has 2 aromatic heterocycles. The molecule has 124 valence electrons. The lowest BCUT2D eigenvalue weighted by Gasteiger charge is -2.22. The van der Waals surface area contributed by atoms with Crippen LogP contribution in [-0.2, 0) is 4.74 Å². The van der Waals surface area contributed by atoms with Crippen LogP contribution in [0.5, 0.6) is 0 Å². The Morgan fingerprint density at radius 3 is 2.88 bits per heavy atom. The summed E-state index contributed by atoms with van der Waals surface area (Å²) < 4.78 is 7.79. The molecule has 0 N–H and O–H groups in total. The molecule has 1 aromatic carbocycles. The topological polar surface area (TPSA) is 42.4 Å². The van der Waals surface area contributed by atoms with Crippen LogP contribution in [0.15, 0.2) is 40.2 Å². The Kier molecular flexibility index (Phi) is 4.67. The highest BCUT2D eigenvalue weighted by atomic mass is 79.9. The van der Waals surface area contributed by atoms with Gasteiger partial charge in [0.25, 0.3) is 5.91 Å². The maximum atomic E-state index is 13.0. The third-order valence-corrected chi connectivity index (χ3v) is 6.62. The van der Waals surface area contributed by atoms with Gasteiger partial charge in [-0.15, -0.1) is 11.3 Å². The van der Waals surface area contributed by atoms with E-state index in [9.17, 15) is 4.79 Å². The molecule has 1 amide bonds. The first-order valence-corrected chi connectivity index (χ1v) is 10.2. The Morgan fingerprint density at radius 1 is 1.29 bits per heavy atom. The van der Waals surface area contributed by atoms with E-state index in [2.05, 4.69) is 20.9 Å². The third kappa shape index (κ3) is 3.26. The van der Waals surface area contributed by atoms with Crippen LogP contribution in [0.1, 0.15) is 22.5 Å². The zero-order valence-corrected chi connectivity index (χ0v) is 16.0. The summed E-state index contributed by atoms with van der Waals surface area (Å²) in [5.41, 5.74) is 0.926. The second-order valence-electron chi connectivity index (χ2n) is 5.62. The summed E-state index contributed by atoms with van der Waals surface area (Å²) in [6, 6.07) is 11.7. The van der Waals surface area contributed by atoms with Crippen LogP contribution >= 0.6 is 38.6 Å². The van der Waals surface area contributed by atoms with Crippen molar-refractivity contribution < 1.29 is 9.53 Å². The van der Waals surface area contributed by atoms with Gasteiger partial charge in [-0.1, -0.05) is 23.5 Å². The van der Waals surface area contributed by atoms with Gasteiger partial charge in [-0.25, -0.2) is 4.98 Å². The van der Waals surface area contributed by atoms with E-state index in [0.29, 0.717) is 11.4 Å². The summed E-state index contributed by atoms with van der Waals surface area (Å²) in [6.45, 7) is 1.32. The molecular weight excluding hydrogens is 408 g/mol. The predicted octanol–water partition coefficient (Wildman–Crippen LogP) is 4.95.